The van der Waals surface area contributed by atoms with Gasteiger partial charge in [0, 0.05) is 55.9 Å². The van der Waals surface area contributed by atoms with Crippen LogP contribution in [0, 0.1) is 28.9 Å². The largest absolute Gasteiger partial charge is 0.481 e. The van der Waals surface area contributed by atoms with Crippen molar-refractivity contribution in [3.8, 4) is 11.8 Å². The molecule has 0 spiro atoms. The highest BCUT2D eigenvalue weighted by Gasteiger charge is 2.57. The van der Waals surface area contributed by atoms with Gasteiger partial charge in [0.2, 0.25) is 5.60 Å². The molecule has 306 valence electrons. The lowest BCUT2D eigenvalue weighted by molar-refractivity contribution is -0.160. The third-order valence-corrected chi connectivity index (χ3v) is 11.7. The Hall–Kier alpha value is -4.87. The van der Waals surface area contributed by atoms with Crippen molar-refractivity contribution in [1.82, 2.24) is 14.8 Å². The van der Waals surface area contributed by atoms with E-state index in [1.807, 2.05) is 0 Å². The minimum absolute atomic E-state index is 0.00803. The standard InChI is InChI=1S/C40H42F6N4O6S/c1-4-9-30-38(56-27-22-31(57-24-27)40(44,45)46,13-8-18-50(30)33(51)32-29(39(41,42)43)12-7-17-48-32)34(52)49-19-14-37(25-47,15-20-49)28-11-6-5-10-26(28)23-55-21-16-36(2,3)35(53)54/h6-7,11-12,17,22,24,30H,4,8-9,13-16,18-21,23H2,1-3H3,(H,53,54)/t30-,38+/m1/s1. The van der Waals surface area contributed by atoms with E-state index in [2.05, 4.69) is 23.2 Å². The summed E-state index contributed by atoms with van der Waals surface area (Å²) < 4.78 is 95.5. The van der Waals surface area contributed by atoms with E-state index in [-0.39, 0.29) is 77.1 Å². The van der Waals surface area contributed by atoms with Crippen LogP contribution in [-0.4, -0.2) is 75.6 Å². The minimum atomic E-state index is -4.93. The van der Waals surface area contributed by atoms with Crippen LogP contribution in [0.15, 0.2) is 41.9 Å². The second-order valence-corrected chi connectivity index (χ2v) is 15.8. The number of thiophene rings is 1. The fourth-order valence-electron chi connectivity index (χ4n) is 7.47. The molecule has 2 aliphatic rings. The fourth-order valence-corrected chi connectivity index (χ4v) is 8.15. The van der Waals surface area contributed by atoms with Gasteiger partial charge in [0.25, 0.3) is 11.8 Å². The number of rotatable bonds is 13. The number of nitriles is 1. The number of aliphatic carboxylic acids is 1. The number of piperidine rings is 2. The van der Waals surface area contributed by atoms with Crippen molar-refractivity contribution >= 4 is 29.1 Å². The minimum Gasteiger partial charge on any atom is -0.481 e. The molecule has 2 aliphatic heterocycles. The fraction of sp³-hybridized carbons (Fsp3) is 0.525. The molecular formula is C40H42F6N4O6S. The summed E-state index contributed by atoms with van der Waals surface area (Å²) in [5.41, 5.74) is -5.18. The molecule has 2 saturated heterocycles. The number of carbonyl (C=O) groups is 3. The molecule has 0 unspecified atom stereocenters. The first kappa shape index (κ1) is 43.3. The van der Waals surface area contributed by atoms with Gasteiger partial charge in [0.05, 0.1) is 35.1 Å². The SMILES string of the molecule is CCC[C@H]1N(C(=O)c2ncccc2C(F)(F)F)CCC[C@@]1(Oc1csc(C(F)(F)F)c1)C(=O)N1CCC(C#N)(c2ccc#cc2COCCC(C)(C)C(=O)O)CC1. The number of amides is 2. The van der Waals surface area contributed by atoms with E-state index in [1.54, 1.807) is 32.9 Å². The van der Waals surface area contributed by atoms with E-state index in [0.717, 1.165) is 34.7 Å². The summed E-state index contributed by atoms with van der Waals surface area (Å²) in [6.45, 7) is 4.96. The Bertz CT molecular complexity index is 1970. The predicted octanol–water partition coefficient (Wildman–Crippen LogP) is 8.11. The molecule has 4 heterocycles. The molecule has 0 saturated carbocycles. The van der Waals surface area contributed by atoms with Gasteiger partial charge in [0.15, 0.2) is 0 Å². The van der Waals surface area contributed by atoms with E-state index in [0.29, 0.717) is 28.9 Å². The van der Waals surface area contributed by atoms with Gasteiger partial charge in [-0.1, -0.05) is 25.5 Å². The van der Waals surface area contributed by atoms with Crippen LogP contribution in [0.1, 0.15) is 97.8 Å². The zero-order valence-electron chi connectivity index (χ0n) is 31.6. The molecule has 57 heavy (non-hydrogen) atoms. The van der Waals surface area contributed by atoms with Crippen LogP contribution in [0.5, 0.6) is 5.75 Å². The summed E-state index contributed by atoms with van der Waals surface area (Å²) in [5.74, 6) is -3.01. The summed E-state index contributed by atoms with van der Waals surface area (Å²) in [6.07, 6.45) is -7.74. The van der Waals surface area contributed by atoms with Crippen LogP contribution < -0.4 is 4.74 Å². The Labute approximate surface area is 330 Å². The third kappa shape index (κ3) is 9.15. The molecule has 1 N–H and O–H groups in total. The van der Waals surface area contributed by atoms with Crippen molar-refractivity contribution in [2.45, 2.75) is 102 Å². The van der Waals surface area contributed by atoms with Gasteiger partial charge in [-0.25, -0.2) is 0 Å². The number of nitrogens with zero attached hydrogens (tertiary/aromatic N) is 4. The molecule has 0 bridgehead atoms. The maximum atomic E-state index is 15.0. The van der Waals surface area contributed by atoms with Gasteiger partial charge in [-0.3, -0.25) is 19.4 Å². The number of carbonyl (C=O) groups excluding carboxylic acids is 2. The summed E-state index contributed by atoms with van der Waals surface area (Å²) >= 11 is 0.357. The normalized spacial score (nSPS) is 20.0. The Morgan fingerprint density at radius 2 is 1.81 bits per heavy atom. The molecule has 0 radical (unpaired) electrons. The number of aromatic nitrogens is 1. The lowest BCUT2D eigenvalue weighted by atomic mass is 9.72. The van der Waals surface area contributed by atoms with Gasteiger partial charge in [-0.2, -0.15) is 31.6 Å². The highest BCUT2D eigenvalue weighted by atomic mass is 32.1. The quantitative estimate of drug-likeness (QED) is 0.135. The Kier molecular flexibility index (Phi) is 12.8. The molecular weight excluding hydrogens is 779 g/mol. The average Bonchev–Trinajstić information content (AvgIpc) is 3.66. The van der Waals surface area contributed by atoms with Gasteiger partial charge < -0.3 is 24.4 Å². The molecule has 2 atom stereocenters. The Balaban J connectivity index is 1.47. The number of halogens is 6. The summed E-state index contributed by atoms with van der Waals surface area (Å²) in [6, 6.07) is 12.9. The average molecular weight is 821 g/mol. The number of hydrogen-bond acceptors (Lipinski definition) is 8. The molecule has 0 aliphatic carbocycles. The summed E-state index contributed by atoms with van der Waals surface area (Å²) in [4.78, 5) is 45.9. The summed E-state index contributed by atoms with van der Waals surface area (Å²) in [7, 11) is 0. The first-order chi connectivity index (χ1) is 26.8. The molecule has 2 fully saturated rings. The number of pyridine rings is 1. The van der Waals surface area contributed by atoms with Crippen LogP contribution in [0.2, 0.25) is 0 Å². The molecule has 2 aromatic heterocycles. The number of likely N-dealkylation sites (tertiary alicyclic amines) is 2. The zero-order valence-corrected chi connectivity index (χ0v) is 32.4. The highest BCUT2D eigenvalue weighted by Crippen LogP contribution is 2.44. The lowest BCUT2D eigenvalue weighted by Gasteiger charge is -2.51. The first-order valence-electron chi connectivity index (χ1n) is 18.4. The molecule has 1 aromatic carbocycles. The van der Waals surface area contributed by atoms with Crippen LogP contribution >= 0.6 is 11.3 Å². The van der Waals surface area contributed by atoms with Gasteiger partial charge >= 0.3 is 18.3 Å². The smallest absolute Gasteiger partial charge is 0.425 e. The topological polar surface area (TPSA) is 133 Å². The summed E-state index contributed by atoms with van der Waals surface area (Å²) in [5, 5.41) is 21.1. The molecule has 3 aromatic rings. The second-order valence-electron chi connectivity index (χ2n) is 14.9. The number of carboxylic acid groups (broad SMARTS) is 1. The monoisotopic (exact) mass is 820 g/mol. The van der Waals surface area contributed by atoms with E-state index in [9.17, 15) is 51.1 Å². The van der Waals surface area contributed by atoms with Gasteiger partial charge in [0.1, 0.15) is 16.3 Å². The van der Waals surface area contributed by atoms with Crippen molar-refractivity contribution in [3.63, 3.8) is 0 Å². The van der Waals surface area contributed by atoms with Crippen LogP contribution in [0.3, 0.4) is 0 Å². The molecule has 17 heteroatoms. The van der Waals surface area contributed by atoms with Crippen LogP contribution in [-0.2, 0) is 38.7 Å². The number of hydrogen-bond donors (Lipinski definition) is 1. The second kappa shape index (κ2) is 16.9. The van der Waals surface area contributed by atoms with Crippen LogP contribution in [0.25, 0.3) is 0 Å². The number of alkyl halides is 6. The lowest BCUT2D eigenvalue weighted by Crippen LogP contribution is -2.68. The maximum Gasteiger partial charge on any atom is 0.425 e. The van der Waals surface area contributed by atoms with E-state index < -0.39 is 68.7 Å². The maximum absolute atomic E-state index is 15.0. The number of carboxylic acids is 1. The van der Waals surface area contributed by atoms with E-state index in [4.69, 9.17) is 9.47 Å². The predicted molar refractivity (Wildman–Crippen MR) is 194 cm³/mol. The van der Waals surface area contributed by atoms with Gasteiger partial charge in [-0.05, 0) is 75.8 Å². The van der Waals surface area contributed by atoms with Crippen molar-refractivity contribution in [1.29, 1.82) is 5.26 Å². The number of ether oxygens (including phenoxy) is 2. The van der Waals surface area contributed by atoms with Crippen LogP contribution in [0.4, 0.5) is 26.3 Å². The Morgan fingerprint density at radius 1 is 1.09 bits per heavy atom. The van der Waals surface area contributed by atoms with Crippen molar-refractivity contribution in [3.05, 3.63) is 81.3 Å². The highest BCUT2D eigenvalue weighted by molar-refractivity contribution is 7.10. The molecule has 2 amide bonds. The van der Waals surface area contributed by atoms with E-state index in [1.165, 1.54) is 4.90 Å². The van der Waals surface area contributed by atoms with Crippen molar-refractivity contribution < 1.29 is 55.3 Å². The Morgan fingerprint density at radius 3 is 2.42 bits per heavy atom. The van der Waals surface area contributed by atoms with E-state index >= 15 is 0 Å². The molecule has 10 nitrogen and oxygen atoms in total. The third-order valence-electron chi connectivity index (χ3n) is 10.7. The zero-order chi connectivity index (χ0) is 41.8. The van der Waals surface area contributed by atoms with Crippen molar-refractivity contribution in [2.75, 3.05) is 26.2 Å². The van der Waals surface area contributed by atoms with Gasteiger partial charge in [-0.15, -0.1) is 11.3 Å². The molecule has 5 rings (SSSR count). The van der Waals surface area contributed by atoms with Crippen molar-refractivity contribution in [2.24, 2.45) is 5.41 Å². The first-order valence-corrected chi connectivity index (χ1v) is 19.3.